The van der Waals surface area contributed by atoms with E-state index in [1.807, 2.05) is 59.2 Å². The fraction of sp³-hybridized carbons (Fsp3) is 0.0417. The van der Waals surface area contributed by atoms with Gasteiger partial charge in [0.1, 0.15) is 5.54 Å². The normalized spacial score (nSPS) is 11.6. The van der Waals surface area contributed by atoms with Crippen LogP contribution in [-0.2, 0) is 5.54 Å². The highest BCUT2D eigenvalue weighted by molar-refractivity contribution is 5.73. The molecule has 0 atom stereocenters. The predicted molar refractivity (Wildman–Crippen MR) is 117 cm³/mol. The van der Waals surface area contributed by atoms with Crippen LogP contribution in [0.5, 0.6) is 0 Å². The van der Waals surface area contributed by atoms with Crippen LogP contribution in [0.3, 0.4) is 0 Å². The minimum atomic E-state index is -0.800. The Hall–Kier alpha value is -4.19. The first-order chi connectivity index (χ1) is 14.7. The van der Waals surface area contributed by atoms with Crippen molar-refractivity contribution < 1.29 is 0 Å². The Morgan fingerprint density at radius 2 is 1.23 bits per heavy atom. The number of aromatic nitrogens is 4. The van der Waals surface area contributed by atoms with Crippen molar-refractivity contribution in [1.29, 1.82) is 0 Å². The number of nitrogens with one attached hydrogen (secondary N) is 1. The van der Waals surface area contributed by atoms with Crippen molar-refractivity contribution >= 4 is 17.1 Å². The first-order valence-corrected chi connectivity index (χ1v) is 9.61. The summed E-state index contributed by atoms with van der Waals surface area (Å²) in [5.74, 6) is 0.0531. The van der Waals surface area contributed by atoms with E-state index in [9.17, 15) is 4.79 Å². The van der Waals surface area contributed by atoms with E-state index < -0.39 is 5.54 Å². The lowest BCUT2D eigenvalue weighted by molar-refractivity contribution is 0.526. The van der Waals surface area contributed by atoms with E-state index in [1.54, 1.807) is 6.33 Å². The summed E-state index contributed by atoms with van der Waals surface area (Å²) < 4.78 is 1.94. The first-order valence-electron chi connectivity index (χ1n) is 9.61. The van der Waals surface area contributed by atoms with Gasteiger partial charge in [-0.1, -0.05) is 91.0 Å². The minimum absolute atomic E-state index is 0.0531. The lowest BCUT2D eigenvalue weighted by Gasteiger charge is -2.37. The first kappa shape index (κ1) is 17.9. The van der Waals surface area contributed by atoms with Crippen LogP contribution < -0.4 is 11.3 Å². The van der Waals surface area contributed by atoms with Gasteiger partial charge in [-0.2, -0.15) is 4.98 Å². The quantitative estimate of drug-likeness (QED) is 0.457. The fourth-order valence-electron chi connectivity index (χ4n) is 4.13. The Bertz CT molecular complexity index is 1260. The average Bonchev–Trinajstić information content (AvgIpc) is 3.21. The Morgan fingerprint density at radius 3 is 1.70 bits per heavy atom. The summed E-state index contributed by atoms with van der Waals surface area (Å²) in [6.45, 7) is 0. The molecule has 3 aromatic carbocycles. The molecule has 5 rings (SSSR count). The van der Waals surface area contributed by atoms with Gasteiger partial charge in [-0.3, -0.25) is 14.3 Å². The Morgan fingerprint density at radius 1 is 0.767 bits per heavy atom. The molecule has 0 radical (unpaired) electrons. The highest BCUT2D eigenvalue weighted by Crippen LogP contribution is 2.41. The van der Waals surface area contributed by atoms with Crippen molar-refractivity contribution in [1.82, 2.24) is 19.5 Å². The van der Waals surface area contributed by atoms with Crippen molar-refractivity contribution in [3.63, 3.8) is 0 Å². The van der Waals surface area contributed by atoms with Crippen LogP contribution in [0.25, 0.3) is 11.2 Å². The van der Waals surface area contributed by atoms with E-state index in [4.69, 9.17) is 5.73 Å². The monoisotopic (exact) mass is 393 g/mol. The van der Waals surface area contributed by atoms with Crippen molar-refractivity contribution in [2.45, 2.75) is 5.54 Å². The topological polar surface area (TPSA) is 89.6 Å². The molecule has 5 aromatic rings. The number of hydrogen-bond donors (Lipinski definition) is 2. The van der Waals surface area contributed by atoms with Gasteiger partial charge in [0.05, 0.1) is 6.33 Å². The van der Waals surface area contributed by atoms with Crippen molar-refractivity contribution in [3.8, 4) is 0 Å². The van der Waals surface area contributed by atoms with Crippen LogP contribution >= 0.6 is 0 Å². The summed E-state index contributed by atoms with van der Waals surface area (Å²) in [6, 6.07) is 30.4. The lowest BCUT2D eigenvalue weighted by atomic mass is 9.76. The zero-order valence-corrected chi connectivity index (χ0v) is 16.1. The Kier molecular flexibility index (Phi) is 4.17. The molecule has 0 spiro atoms. The summed E-state index contributed by atoms with van der Waals surface area (Å²) in [7, 11) is 0. The molecule has 146 valence electrons. The van der Waals surface area contributed by atoms with Gasteiger partial charge in [-0.25, -0.2) is 4.98 Å². The van der Waals surface area contributed by atoms with Crippen LogP contribution in [-0.4, -0.2) is 19.5 Å². The van der Waals surface area contributed by atoms with Crippen LogP contribution in [0.4, 0.5) is 5.95 Å². The number of benzene rings is 3. The highest BCUT2D eigenvalue weighted by Gasteiger charge is 2.40. The average molecular weight is 393 g/mol. The van der Waals surface area contributed by atoms with Gasteiger partial charge < -0.3 is 5.73 Å². The van der Waals surface area contributed by atoms with Gasteiger partial charge in [0, 0.05) is 0 Å². The van der Waals surface area contributed by atoms with Gasteiger partial charge in [-0.05, 0) is 16.7 Å². The molecule has 3 N–H and O–H groups in total. The third-order valence-electron chi connectivity index (χ3n) is 5.36. The Balaban J connectivity index is 1.99. The second-order valence-corrected chi connectivity index (χ2v) is 7.05. The van der Waals surface area contributed by atoms with Crippen LogP contribution in [0.2, 0.25) is 0 Å². The molecule has 6 heteroatoms. The number of rotatable bonds is 4. The molecule has 0 unspecified atom stereocenters. The number of aromatic amines is 1. The van der Waals surface area contributed by atoms with Gasteiger partial charge in [0.25, 0.3) is 5.56 Å². The molecule has 0 saturated heterocycles. The van der Waals surface area contributed by atoms with Crippen molar-refractivity contribution in [3.05, 3.63) is 124 Å². The number of anilines is 1. The third-order valence-corrected chi connectivity index (χ3v) is 5.36. The molecule has 0 bridgehead atoms. The summed E-state index contributed by atoms with van der Waals surface area (Å²) in [4.78, 5) is 23.9. The van der Waals surface area contributed by atoms with Crippen LogP contribution in [0.15, 0.2) is 102 Å². The molecule has 0 amide bonds. The molecular weight excluding hydrogens is 374 g/mol. The number of nitrogens with zero attached hydrogens (tertiary/aromatic N) is 3. The van der Waals surface area contributed by atoms with E-state index in [0.717, 1.165) is 16.7 Å². The molecule has 2 aromatic heterocycles. The van der Waals surface area contributed by atoms with E-state index in [-0.39, 0.29) is 17.0 Å². The van der Waals surface area contributed by atoms with Gasteiger partial charge in [0.15, 0.2) is 11.2 Å². The summed E-state index contributed by atoms with van der Waals surface area (Å²) >= 11 is 0. The van der Waals surface area contributed by atoms with E-state index in [1.165, 1.54) is 0 Å². The summed E-state index contributed by atoms with van der Waals surface area (Å²) in [5, 5.41) is 0. The molecule has 0 aliphatic carbocycles. The number of H-pyrrole nitrogens is 1. The predicted octanol–water partition coefficient (Wildman–Crippen LogP) is 3.54. The number of nitrogens with two attached hydrogens (primary N) is 1. The maximum Gasteiger partial charge on any atom is 0.280 e. The van der Waals surface area contributed by atoms with E-state index >= 15 is 0 Å². The lowest BCUT2D eigenvalue weighted by Crippen LogP contribution is -2.37. The molecule has 0 aliphatic rings. The number of fused-ring (bicyclic) bond motifs is 1. The van der Waals surface area contributed by atoms with Crippen molar-refractivity contribution in [2.24, 2.45) is 0 Å². The largest absolute Gasteiger partial charge is 0.369 e. The third kappa shape index (κ3) is 2.62. The van der Waals surface area contributed by atoms with Gasteiger partial charge in [-0.15, -0.1) is 0 Å². The molecule has 30 heavy (non-hydrogen) atoms. The second kappa shape index (κ2) is 7.00. The van der Waals surface area contributed by atoms with E-state index in [2.05, 4.69) is 51.4 Å². The standard InChI is InChI=1S/C24H19N5O/c25-23-27-21-20(22(30)28-23)26-16-29(21)24(17-10-4-1-5-11-17,18-12-6-2-7-13-18)19-14-8-3-9-15-19/h1-16H,(H3,25,27,28,30). The molecule has 0 saturated carbocycles. The molecule has 0 aliphatic heterocycles. The molecule has 6 nitrogen and oxygen atoms in total. The number of hydrogen-bond acceptors (Lipinski definition) is 4. The maximum atomic E-state index is 12.5. The fourth-order valence-corrected chi connectivity index (χ4v) is 4.13. The second-order valence-electron chi connectivity index (χ2n) is 7.05. The smallest absolute Gasteiger partial charge is 0.280 e. The molecule has 0 fully saturated rings. The minimum Gasteiger partial charge on any atom is -0.369 e. The van der Waals surface area contributed by atoms with Crippen molar-refractivity contribution in [2.75, 3.05) is 5.73 Å². The van der Waals surface area contributed by atoms with E-state index in [0.29, 0.717) is 5.65 Å². The molecular formula is C24H19N5O. The number of imidazole rings is 1. The molecule has 2 heterocycles. The SMILES string of the molecule is Nc1nc2c(ncn2C(c2ccccc2)(c2ccccc2)c2ccccc2)c(=O)[nH]1. The van der Waals surface area contributed by atoms with Gasteiger partial charge >= 0.3 is 0 Å². The van der Waals surface area contributed by atoms with Gasteiger partial charge in [0.2, 0.25) is 5.95 Å². The Labute approximate surface area is 172 Å². The summed E-state index contributed by atoms with van der Waals surface area (Å²) in [5.41, 5.74) is 8.46. The number of nitrogen functional groups attached to an aromatic ring is 1. The highest BCUT2D eigenvalue weighted by atomic mass is 16.1. The maximum absolute atomic E-state index is 12.5. The summed E-state index contributed by atoms with van der Waals surface area (Å²) in [6.07, 6.45) is 1.67. The van der Waals surface area contributed by atoms with Crippen LogP contribution in [0, 0.1) is 0 Å². The van der Waals surface area contributed by atoms with Crippen LogP contribution in [0.1, 0.15) is 16.7 Å². The zero-order valence-electron chi connectivity index (χ0n) is 16.1. The zero-order chi connectivity index (χ0) is 20.6.